The predicted molar refractivity (Wildman–Crippen MR) is 135 cm³/mol. The average Bonchev–Trinajstić information content (AvgIpc) is 3.26. The Morgan fingerprint density at radius 1 is 1.03 bits per heavy atom. The molecule has 2 aromatic rings. The van der Waals surface area contributed by atoms with Crippen molar-refractivity contribution in [3.63, 3.8) is 0 Å². The summed E-state index contributed by atoms with van der Waals surface area (Å²) in [6.07, 6.45) is 2.48. The van der Waals surface area contributed by atoms with E-state index in [9.17, 15) is 34.5 Å². The fourth-order valence-electron chi connectivity index (χ4n) is 3.45. The number of carboxylic acid groups (broad SMARTS) is 1. The minimum Gasteiger partial charge on any atom is -0.480 e. The topological polar surface area (TPSA) is 207 Å². The first-order valence-corrected chi connectivity index (χ1v) is 12.7. The van der Waals surface area contributed by atoms with Gasteiger partial charge in [-0.1, -0.05) is 18.2 Å². The third-order valence-electron chi connectivity index (χ3n) is 5.60. The highest BCUT2D eigenvalue weighted by molar-refractivity contribution is 7.98. The number of carbonyl (C=O) groups is 4. The second-order valence-electron chi connectivity index (χ2n) is 8.32. The Balaban J connectivity index is 2.21. The molecule has 9 N–H and O–H groups in total. The molecule has 1 heterocycles. The number of rotatable bonds is 14. The Labute approximate surface area is 212 Å². The number of hydrogen-bond acceptors (Lipinski definition) is 8. The Hall–Kier alpha value is -3.13. The molecule has 0 aliphatic rings. The second kappa shape index (κ2) is 13.8. The van der Waals surface area contributed by atoms with Crippen LogP contribution in [0.2, 0.25) is 0 Å². The number of carbonyl (C=O) groups excluding carboxylic acids is 3. The molecule has 13 heteroatoms. The molecular weight excluding hydrogens is 490 g/mol. The number of aromatic amines is 1. The van der Waals surface area contributed by atoms with Crippen LogP contribution in [0.1, 0.15) is 18.9 Å². The lowest BCUT2D eigenvalue weighted by molar-refractivity contribution is -0.142. The van der Waals surface area contributed by atoms with Gasteiger partial charge in [-0.2, -0.15) is 11.8 Å². The van der Waals surface area contributed by atoms with Crippen molar-refractivity contribution in [2.24, 2.45) is 5.73 Å². The smallest absolute Gasteiger partial charge is 0.326 e. The van der Waals surface area contributed by atoms with E-state index in [1.54, 1.807) is 12.5 Å². The predicted octanol–water partition coefficient (Wildman–Crippen LogP) is -1.30. The average molecular weight is 524 g/mol. The molecule has 198 valence electrons. The van der Waals surface area contributed by atoms with Crippen molar-refractivity contribution >= 4 is 46.4 Å². The van der Waals surface area contributed by atoms with Crippen LogP contribution in [0, 0.1) is 0 Å². The van der Waals surface area contributed by atoms with Crippen molar-refractivity contribution in [3.8, 4) is 0 Å². The summed E-state index contributed by atoms with van der Waals surface area (Å²) in [5.74, 6) is -3.21. The molecule has 0 radical (unpaired) electrons. The zero-order chi connectivity index (χ0) is 26.8. The summed E-state index contributed by atoms with van der Waals surface area (Å²) >= 11 is 1.41. The fourth-order valence-corrected chi connectivity index (χ4v) is 3.92. The number of benzene rings is 1. The summed E-state index contributed by atoms with van der Waals surface area (Å²) < 4.78 is 0. The molecule has 5 atom stereocenters. The SMILES string of the molecule is CSCCC(NC(=O)C(CO)NC(=O)C(Cc1c[nH]c2ccccc12)NC(=O)C(N)C(C)O)C(=O)O. The molecule has 5 unspecified atom stereocenters. The summed E-state index contributed by atoms with van der Waals surface area (Å²) in [4.78, 5) is 52.8. The van der Waals surface area contributed by atoms with Gasteiger partial charge in [0.2, 0.25) is 17.7 Å². The summed E-state index contributed by atoms with van der Waals surface area (Å²) in [5.41, 5.74) is 7.22. The van der Waals surface area contributed by atoms with Gasteiger partial charge in [0, 0.05) is 23.5 Å². The van der Waals surface area contributed by atoms with Gasteiger partial charge in [0.05, 0.1) is 12.7 Å². The molecule has 3 amide bonds. The van der Waals surface area contributed by atoms with Gasteiger partial charge in [-0.25, -0.2) is 4.79 Å². The molecule has 0 aliphatic carbocycles. The summed E-state index contributed by atoms with van der Waals surface area (Å²) in [6, 6.07) is 2.18. The van der Waals surface area contributed by atoms with Crippen LogP contribution in [0.5, 0.6) is 0 Å². The molecular formula is C23H33N5O7S. The van der Waals surface area contributed by atoms with Crippen molar-refractivity contribution in [1.82, 2.24) is 20.9 Å². The molecule has 0 saturated carbocycles. The van der Waals surface area contributed by atoms with Crippen LogP contribution in [-0.2, 0) is 25.6 Å². The molecule has 0 fully saturated rings. The second-order valence-corrected chi connectivity index (χ2v) is 9.30. The lowest BCUT2D eigenvalue weighted by Gasteiger charge is -2.24. The molecule has 0 bridgehead atoms. The van der Waals surface area contributed by atoms with Gasteiger partial charge >= 0.3 is 5.97 Å². The fraction of sp³-hybridized carbons (Fsp3) is 0.478. The van der Waals surface area contributed by atoms with E-state index in [1.165, 1.54) is 18.7 Å². The molecule has 1 aromatic carbocycles. The maximum Gasteiger partial charge on any atom is 0.326 e. The Morgan fingerprint density at radius 3 is 2.25 bits per heavy atom. The number of aliphatic hydroxyl groups excluding tert-OH is 2. The number of aliphatic carboxylic acids is 1. The molecule has 2 rings (SSSR count). The largest absolute Gasteiger partial charge is 0.480 e. The van der Waals surface area contributed by atoms with Gasteiger partial charge in [-0.05, 0) is 37.0 Å². The summed E-state index contributed by atoms with van der Waals surface area (Å²) in [5, 5.41) is 36.7. The van der Waals surface area contributed by atoms with E-state index in [0.717, 1.165) is 10.9 Å². The van der Waals surface area contributed by atoms with Gasteiger partial charge < -0.3 is 42.0 Å². The lowest BCUT2D eigenvalue weighted by atomic mass is 10.0. The van der Waals surface area contributed by atoms with E-state index >= 15 is 0 Å². The van der Waals surface area contributed by atoms with Crippen LogP contribution in [0.15, 0.2) is 30.5 Å². The van der Waals surface area contributed by atoms with E-state index in [2.05, 4.69) is 20.9 Å². The van der Waals surface area contributed by atoms with Crippen LogP contribution in [0.3, 0.4) is 0 Å². The molecule has 0 aliphatic heterocycles. The first kappa shape index (κ1) is 29.1. The molecule has 0 spiro atoms. The molecule has 0 saturated heterocycles. The zero-order valence-corrected chi connectivity index (χ0v) is 20.9. The summed E-state index contributed by atoms with van der Waals surface area (Å²) in [6.45, 7) is 0.536. The van der Waals surface area contributed by atoms with Gasteiger partial charge in [-0.3, -0.25) is 14.4 Å². The number of aromatic nitrogens is 1. The number of para-hydroxylation sites is 1. The van der Waals surface area contributed by atoms with Gasteiger partial charge in [0.1, 0.15) is 24.2 Å². The van der Waals surface area contributed by atoms with Crippen LogP contribution < -0.4 is 21.7 Å². The lowest BCUT2D eigenvalue weighted by Crippen LogP contribution is -2.59. The number of amides is 3. The number of carboxylic acids is 1. The van der Waals surface area contributed by atoms with Crippen LogP contribution in [-0.4, -0.2) is 92.9 Å². The van der Waals surface area contributed by atoms with Crippen molar-refractivity contribution in [2.45, 2.75) is 50.0 Å². The van der Waals surface area contributed by atoms with E-state index in [4.69, 9.17) is 5.73 Å². The molecule has 36 heavy (non-hydrogen) atoms. The third kappa shape index (κ3) is 7.95. The highest BCUT2D eigenvalue weighted by Crippen LogP contribution is 2.19. The number of fused-ring (bicyclic) bond motifs is 1. The van der Waals surface area contributed by atoms with E-state index < -0.39 is 60.6 Å². The van der Waals surface area contributed by atoms with Crippen LogP contribution in [0.25, 0.3) is 10.9 Å². The zero-order valence-electron chi connectivity index (χ0n) is 20.1. The highest BCUT2D eigenvalue weighted by Gasteiger charge is 2.31. The minimum atomic E-state index is -1.46. The maximum absolute atomic E-state index is 13.1. The van der Waals surface area contributed by atoms with Crippen LogP contribution in [0.4, 0.5) is 0 Å². The van der Waals surface area contributed by atoms with Crippen molar-refractivity contribution in [1.29, 1.82) is 0 Å². The monoisotopic (exact) mass is 523 g/mol. The van der Waals surface area contributed by atoms with Crippen molar-refractivity contribution in [3.05, 3.63) is 36.0 Å². The Kier molecular flexibility index (Phi) is 11.2. The quantitative estimate of drug-likeness (QED) is 0.148. The molecule has 12 nitrogen and oxygen atoms in total. The van der Waals surface area contributed by atoms with Crippen LogP contribution >= 0.6 is 11.8 Å². The van der Waals surface area contributed by atoms with Gasteiger partial charge in [0.15, 0.2) is 0 Å². The standard InChI is InChI=1S/C23H33N5O7S/c1-12(30)19(24)22(33)27-17(9-13-10-25-15-6-4-3-5-14(13)15)20(31)28-18(11-29)21(32)26-16(23(34)35)7-8-36-2/h3-6,10,12,16-19,25,29-30H,7-9,11,24H2,1-2H3,(H,26,32)(H,27,33)(H,28,31)(H,34,35). The number of H-pyrrole nitrogens is 1. The Morgan fingerprint density at radius 2 is 1.64 bits per heavy atom. The number of nitrogens with one attached hydrogen (secondary N) is 4. The summed E-state index contributed by atoms with van der Waals surface area (Å²) in [7, 11) is 0. The first-order valence-electron chi connectivity index (χ1n) is 11.3. The molecule has 1 aromatic heterocycles. The number of thioether (sulfide) groups is 1. The number of aliphatic hydroxyl groups is 2. The first-order chi connectivity index (χ1) is 17.1. The van der Waals surface area contributed by atoms with Gasteiger partial charge in [0.25, 0.3) is 0 Å². The minimum absolute atomic E-state index is 0.0133. The maximum atomic E-state index is 13.1. The highest BCUT2D eigenvalue weighted by atomic mass is 32.2. The van der Waals surface area contributed by atoms with Crippen molar-refractivity contribution in [2.75, 3.05) is 18.6 Å². The van der Waals surface area contributed by atoms with E-state index in [1.807, 2.05) is 24.3 Å². The van der Waals surface area contributed by atoms with E-state index in [0.29, 0.717) is 11.3 Å². The number of nitrogens with two attached hydrogens (primary N) is 1. The van der Waals surface area contributed by atoms with Gasteiger partial charge in [-0.15, -0.1) is 0 Å². The van der Waals surface area contributed by atoms with E-state index in [-0.39, 0.29) is 12.8 Å². The third-order valence-corrected chi connectivity index (χ3v) is 6.24. The Bertz CT molecular complexity index is 1060. The number of hydrogen-bond donors (Lipinski definition) is 8. The normalized spacial score (nSPS) is 15.4. The van der Waals surface area contributed by atoms with Crippen molar-refractivity contribution < 1.29 is 34.5 Å².